The first-order chi connectivity index (χ1) is 14.7. The molecule has 0 aromatic carbocycles. The average Bonchev–Trinajstić information content (AvgIpc) is 3.26. The highest BCUT2D eigenvalue weighted by Crippen LogP contribution is 2.28. The van der Waals surface area contributed by atoms with Crippen molar-refractivity contribution in [3.8, 4) is 5.69 Å². The molecule has 2 N–H and O–H groups in total. The number of nitrogens with one attached hydrogen (secondary N) is 2. The fourth-order valence-electron chi connectivity index (χ4n) is 2.79. The van der Waals surface area contributed by atoms with E-state index in [4.69, 9.17) is 0 Å². The lowest BCUT2D eigenvalue weighted by Crippen LogP contribution is -2.40. The lowest BCUT2D eigenvalue weighted by molar-refractivity contribution is -0.138. The van der Waals surface area contributed by atoms with Crippen LogP contribution >= 0.6 is 0 Å². The second kappa shape index (κ2) is 9.06. The summed E-state index contributed by atoms with van der Waals surface area (Å²) in [7, 11) is 0. The van der Waals surface area contributed by atoms with Crippen molar-refractivity contribution in [1.29, 1.82) is 0 Å². The predicted octanol–water partition coefficient (Wildman–Crippen LogP) is 2.71. The number of aromatic nitrogens is 6. The van der Waals surface area contributed by atoms with Crippen molar-refractivity contribution >= 4 is 11.9 Å². The summed E-state index contributed by atoms with van der Waals surface area (Å²) in [6.07, 6.45) is 1.94. The van der Waals surface area contributed by atoms with E-state index in [0.29, 0.717) is 24.5 Å². The van der Waals surface area contributed by atoms with Crippen LogP contribution in [0.3, 0.4) is 0 Å². The van der Waals surface area contributed by atoms with Crippen molar-refractivity contribution in [2.45, 2.75) is 39.4 Å². The Bertz CT molecular complexity index is 1040. The molecule has 0 fully saturated rings. The number of hydrogen-bond acceptors (Lipinski definition) is 7. The van der Waals surface area contributed by atoms with Gasteiger partial charge < -0.3 is 10.6 Å². The average molecular weight is 434 g/mol. The van der Waals surface area contributed by atoms with Crippen LogP contribution in [0.25, 0.3) is 5.69 Å². The number of rotatable bonds is 7. The first kappa shape index (κ1) is 22.1. The molecule has 0 radical (unpaired) electrons. The Morgan fingerprint density at radius 2 is 1.87 bits per heavy atom. The van der Waals surface area contributed by atoms with Gasteiger partial charge in [0.1, 0.15) is 18.3 Å². The maximum Gasteiger partial charge on any atom is 0.419 e. The van der Waals surface area contributed by atoms with Gasteiger partial charge in [-0.2, -0.15) is 18.3 Å². The molecule has 0 saturated carbocycles. The van der Waals surface area contributed by atoms with Crippen molar-refractivity contribution in [1.82, 2.24) is 35.0 Å². The molecule has 31 heavy (non-hydrogen) atoms. The molecule has 3 aromatic rings. The largest absolute Gasteiger partial charge is 0.419 e. The molecule has 3 rings (SSSR count). The second-order valence-corrected chi connectivity index (χ2v) is 6.86. The summed E-state index contributed by atoms with van der Waals surface area (Å²) < 4.78 is 39.3. The molecule has 0 saturated heterocycles. The van der Waals surface area contributed by atoms with Crippen molar-refractivity contribution in [3.63, 3.8) is 0 Å². The normalized spacial score (nSPS) is 12.5. The van der Waals surface area contributed by atoms with Gasteiger partial charge >= 0.3 is 6.18 Å². The van der Waals surface area contributed by atoms with Crippen molar-refractivity contribution in [2.24, 2.45) is 0 Å². The fourth-order valence-corrected chi connectivity index (χ4v) is 2.79. The summed E-state index contributed by atoms with van der Waals surface area (Å²) in [6, 6.07) is -0.342. The maximum atomic E-state index is 12.9. The zero-order valence-corrected chi connectivity index (χ0v) is 17.1. The Morgan fingerprint density at radius 3 is 2.45 bits per heavy atom. The van der Waals surface area contributed by atoms with Crippen LogP contribution in [0.5, 0.6) is 0 Å². The Labute approximate surface area is 176 Å². The number of carbonyl (C=O) groups is 1. The van der Waals surface area contributed by atoms with Crippen LogP contribution in [-0.2, 0) is 6.18 Å². The molecule has 0 bridgehead atoms. The molecule has 164 valence electrons. The highest BCUT2D eigenvalue weighted by molar-refractivity contribution is 5.96. The molecule has 1 atom stereocenters. The zero-order valence-electron chi connectivity index (χ0n) is 17.1. The molecular formula is C19H21F3N8O. The van der Waals surface area contributed by atoms with E-state index in [1.54, 1.807) is 6.20 Å². The number of anilines is 1. The lowest BCUT2D eigenvalue weighted by Gasteiger charge is -2.19. The van der Waals surface area contributed by atoms with Gasteiger partial charge in [-0.25, -0.2) is 24.6 Å². The number of halogens is 3. The van der Waals surface area contributed by atoms with E-state index in [9.17, 15) is 18.0 Å². The van der Waals surface area contributed by atoms with Crippen molar-refractivity contribution in [3.05, 3.63) is 53.6 Å². The molecule has 9 nitrogen and oxygen atoms in total. The van der Waals surface area contributed by atoms with Crippen LogP contribution < -0.4 is 10.6 Å². The summed E-state index contributed by atoms with van der Waals surface area (Å²) in [5.41, 5.74) is 1.53. The SMILES string of the molecule is CCC(CNc1ncc(C(F)(F)F)cn1)NC(=O)c1ncc(C)c(C)c1-n1cncn1. The Kier molecular flexibility index (Phi) is 6.47. The number of carbonyl (C=O) groups excluding carboxylic acids is 1. The van der Waals surface area contributed by atoms with Crippen LogP contribution in [0.2, 0.25) is 0 Å². The van der Waals surface area contributed by atoms with Gasteiger partial charge in [0.05, 0.1) is 5.56 Å². The van der Waals surface area contributed by atoms with E-state index in [1.807, 2.05) is 20.8 Å². The third-order valence-electron chi connectivity index (χ3n) is 4.73. The Morgan fingerprint density at radius 1 is 1.16 bits per heavy atom. The molecule has 0 aliphatic heterocycles. The van der Waals surface area contributed by atoms with Gasteiger partial charge in [0, 0.05) is 31.2 Å². The van der Waals surface area contributed by atoms with E-state index in [0.717, 1.165) is 11.1 Å². The number of hydrogen-bond donors (Lipinski definition) is 2. The van der Waals surface area contributed by atoms with Gasteiger partial charge in [-0.3, -0.25) is 4.79 Å². The summed E-state index contributed by atoms with van der Waals surface area (Å²) in [5, 5.41) is 9.83. The van der Waals surface area contributed by atoms with Crippen LogP contribution in [-0.4, -0.2) is 48.2 Å². The minimum Gasteiger partial charge on any atom is -0.352 e. The fraction of sp³-hybridized carbons (Fsp3) is 0.368. The second-order valence-electron chi connectivity index (χ2n) is 6.86. The first-order valence-electron chi connectivity index (χ1n) is 9.45. The molecule has 0 aliphatic rings. The number of aryl methyl sites for hydroxylation is 1. The molecule has 0 aliphatic carbocycles. The topological polar surface area (TPSA) is 111 Å². The van der Waals surface area contributed by atoms with E-state index < -0.39 is 17.6 Å². The van der Waals surface area contributed by atoms with Gasteiger partial charge in [-0.1, -0.05) is 6.92 Å². The lowest BCUT2D eigenvalue weighted by atomic mass is 10.1. The quantitative estimate of drug-likeness (QED) is 0.588. The van der Waals surface area contributed by atoms with E-state index in [-0.39, 0.29) is 24.2 Å². The van der Waals surface area contributed by atoms with E-state index >= 15 is 0 Å². The molecule has 0 spiro atoms. The van der Waals surface area contributed by atoms with Gasteiger partial charge in [0.2, 0.25) is 5.95 Å². The zero-order chi connectivity index (χ0) is 22.6. The summed E-state index contributed by atoms with van der Waals surface area (Å²) in [4.78, 5) is 28.5. The van der Waals surface area contributed by atoms with Gasteiger partial charge in [0.15, 0.2) is 5.69 Å². The smallest absolute Gasteiger partial charge is 0.352 e. The monoisotopic (exact) mass is 434 g/mol. The van der Waals surface area contributed by atoms with E-state index in [2.05, 4.69) is 35.7 Å². The first-order valence-corrected chi connectivity index (χ1v) is 9.45. The summed E-state index contributed by atoms with van der Waals surface area (Å²) in [6.45, 7) is 5.84. The van der Waals surface area contributed by atoms with Gasteiger partial charge in [-0.05, 0) is 31.4 Å². The van der Waals surface area contributed by atoms with Crippen LogP contribution in [0.15, 0.2) is 31.2 Å². The van der Waals surface area contributed by atoms with Crippen LogP contribution in [0, 0.1) is 13.8 Å². The molecular weight excluding hydrogens is 413 g/mol. The molecule has 1 amide bonds. The maximum absolute atomic E-state index is 12.9. The minimum atomic E-state index is -4.50. The predicted molar refractivity (Wildman–Crippen MR) is 106 cm³/mol. The molecule has 3 aromatic heterocycles. The van der Waals surface area contributed by atoms with Gasteiger partial charge in [-0.15, -0.1) is 0 Å². The summed E-state index contributed by atoms with van der Waals surface area (Å²) >= 11 is 0. The van der Waals surface area contributed by atoms with E-state index in [1.165, 1.54) is 17.3 Å². The third kappa shape index (κ3) is 5.13. The standard InChI is InChI=1S/C19H21F3N8O/c1-4-14(8-27-18-25-6-13(7-26-18)19(20,21)22)29-17(31)15-16(30-10-23-9-28-30)12(3)11(2)5-24-15/h5-7,9-10,14H,4,8H2,1-3H3,(H,29,31)(H,25,26,27). The summed E-state index contributed by atoms with van der Waals surface area (Å²) in [5.74, 6) is -0.371. The Hall–Kier alpha value is -3.57. The Balaban J connectivity index is 1.71. The number of alkyl halides is 3. The number of pyridine rings is 1. The highest BCUT2D eigenvalue weighted by Gasteiger charge is 2.31. The molecule has 3 heterocycles. The van der Waals surface area contributed by atoms with Crippen LogP contribution in [0.1, 0.15) is 40.5 Å². The van der Waals surface area contributed by atoms with Crippen LogP contribution in [0.4, 0.5) is 19.1 Å². The van der Waals surface area contributed by atoms with Crippen molar-refractivity contribution < 1.29 is 18.0 Å². The number of amides is 1. The van der Waals surface area contributed by atoms with Gasteiger partial charge in [0.25, 0.3) is 5.91 Å². The van der Waals surface area contributed by atoms with Crippen molar-refractivity contribution in [2.75, 3.05) is 11.9 Å². The number of nitrogens with zero attached hydrogens (tertiary/aromatic N) is 6. The molecule has 1 unspecified atom stereocenters. The molecule has 12 heteroatoms. The highest BCUT2D eigenvalue weighted by atomic mass is 19.4. The third-order valence-corrected chi connectivity index (χ3v) is 4.73. The minimum absolute atomic E-state index is 0.0355.